The summed E-state index contributed by atoms with van der Waals surface area (Å²) < 4.78 is 5.13. The van der Waals surface area contributed by atoms with E-state index in [1.165, 1.54) is 11.3 Å². The quantitative estimate of drug-likeness (QED) is 0.173. The van der Waals surface area contributed by atoms with E-state index in [0.29, 0.717) is 36.9 Å². The highest BCUT2D eigenvalue weighted by Crippen LogP contribution is 2.25. The molecule has 0 aliphatic heterocycles. The van der Waals surface area contributed by atoms with Gasteiger partial charge in [-0.25, -0.2) is 4.99 Å². The number of nitrogens with zero attached hydrogens (tertiary/aromatic N) is 1. The van der Waals surface area contributed by atoms with E-state index in [2.05, 4.69) is 20.9 Å². The van der Waals surface area contributed by atoms with Crippen LogP contribution in [0.4, 0.5) is 0 Å². The molecule has 1 atom stereocenters. The predicted molar refractivity (Wildman–Crippen MR) is 129 cm³/mol. The van der Waals surface area contributed by atoms with Crippen LogP contribution in [0.2, 0.25) is 0 Å². The average Bonchev–Trinajstić information content (AvgIpc) is 3.25. The molecule has 7 nitrogen and oxygen atoms in total. The Bertz CT molecular complexity index is 782. The van der Waals surface area contributed by atoms with Crippen LogP contribution in [0.5, 0.6) is 5.75 Å². The number of ether oxygens (including phenoxy) is 1. The van der Waals surface area contributed by atoms with Gasteiger partial charge < -0.3 is 25.8 Å². The lowest BCUT2D eigenvalue weighted by Crippen LogP contribution is -2.42. The molecule has 1 heterocycles. The number of benzene rings is 1. The minimum atomic E-state index is -1.02. The summed E-state index contributed by atoms with van der Waals surface area (Å²) in [5.41, 5.74) is -0.469. The highest BCUT2D eigenvalue weighted by molar-refractivity contribution is 14.0. The van der Waals surface area contributed by atoms with Gasteiger partial charge in [-0.15, -0.1) is 35.3 Å². The standard InChI is InChI=1S/C20H28N4O3S.HI/c1-4-21-19(24-14-20(2,26)17-9-6-12-28-17)23-11-10-22-18(25)15-7-5-8-16(13-15)27-3;/h5-9,12-13,26H,4,10-11,14H2,1-3H3,(H,22,25)(H2,21,23,24);1H. The van der Waals surface area contributed by atoms with Gasteiger partial charge in [-0.2, -0.15) is 0 Å². The fourth-order valence-electron chi connectivity index (χ4n) is 2.46. The minimum Gasteiger partial charge on any atom is -0.497 e. The number of hydrogen-bond acceptors (Lipinski definition) is 5. The molecule has 2 rings (SSSR count). The Hall–Kier alpha value is -1.85. The Balaban J connectivity index is 0.00000420. The maximum absolute atomic E-state index is 12.2. The molecule has 1 aromatic carbocycles. The van der Waals surface area contributed by atoms with E-state index in [1.54, 1.807) is 38.3 Å². The lowest BCUT2D eigenvalue weighted by atomic mass is 10.1. The molecule has 2 aromatic rings. The van der Waals surface area contributed by atoms with Gasteiger partial charge in [0.05, 0.1) is 13.7 Å². The number of aliphatic hydroxyl groups is 1. The first-order valence-corrected chi connectivity index (χ1v) is 10.0. The van der Waals surface area contributed by atoms with Crippen molar-refractivity contribution in [3.05, 3.63) is 52.2 Å². The maximum atomic E-state index is 12.2. The van der Waals surface area contributed by atoms with Crippen LogP contribution < -0.4 is 20.7 Å². The number of thiophene rings is 1. The summed E-state index contributed by atoms with van der Waals surface area (Å²) in [4.78, 5) is 17.5. The van der Waals surface area contributed by atoms with Gasteiger partial charge in [0, 0.05) is 30.1 Å². The Morgan fingerprint density at radius 1 is 1.21 bits per heavy atom. The van der Waals surface area contributed by atoms with Gasteiger partial charge in [-0.1, -0.05) is 12.1 Å². The Morgan fingerprint density at radius 3 is 2.62 bits per heavy atom. The topological polar surface area (TPSA) is 95.0 Å². The van der Waals surface area contributed by atoms with Crippen LogP contribution in [0.3, 0.4) is 0 Å². The second-order valence-corrected chi connectivity index (χ2v) is 7.31. The summed E-state index contributed by atoms with van der Waals surface area (Å²) in [7, 11) is 1.57. The van der Waals surface area contributed by atoms with Crippen molar-refractivity contribution in [2.45, 2.75) is 19.4 Å². The lowest BCUT2D eigenvalue weighted by molar-refractivity contribution is 0.0711. The van der Waals surface area contributed by atoms with Crippen molar-refractivity contribution in [2.75, 3.05) is 33.3 Å². The molecule has 1 unspecified atom stereocenters. The SMILES string of the molecule is CCNC(=NCC(C)(O)c1cccs1)NCCNC(=O)c1cccc(OC)c1.I. The number of guanidine groups is 1. The summed E-state index contributed by atoms with van der Waals surface area (Å²) in [6, 6.07) is 10.8. The summed E-state index contributed by atoms with van der Waals surface area (Å²) in [6.07, 6.45) is 0. The van der Waals surface area contributed by atoms with Gasteiger partial charge in [0.25, 0.3) is 5.91 Å². The maximum Gasteiger partial charge on any atom is 0.251 e. The Morgan fingerprint density at radius 2 is 1.97 bits per heavy atom. The van der Waals surface area contributed by atoms with E-state index in [-0.39, 0.29) is 36.4 Å². The predicted octanol–water partition coefficient (Wildman–Crippen LogP) is 2.57. The number of methoxy groups -OCH3 is 1. The van der Waals surface area contributed by atoms with Gasteiger partial charge >= 0.3 is 0 Å². The van der Waals surface area contributed by atoms with Gasteiger partial charge in [0.1, 0.15) is 11.4 Å². The molecule has 0 saturated heterocycles. The third-order valence-electron chi connectivity index (χ3n) is 3.98. The van der Waals surface area contributed by atoms with E-state index >= 15 is 0 Å². The highest BCUT2D eigenvalue weighted by atomic mass is 127. The van der Waals surface area contributed by atoms with Gasteiger partial charge in [0.15, 0.2) is 5.96 Å². The Kier molecular flexibility index (Phi) is 11.0. The van der Waals surface area contributed by atoms with E-state index in [9.17, 15) is 9.90 Å². The monoisotopic (exact) mass is 532 g/mol. The number of halogens is 1. The van der Waals surface area contributed by atoms with E-state index in [4.69, 9.17) is 4.74 Å². The van der Waals surface area contributed by atoms with Gasteiger partial charge in [-0.3, -0.25) is 4.79 Å². The lowest BCUT2D eigenvalue weighted by Gasteiger charge is -2.20. The zero-order valence-electron chi connectivity index (χ0n) is 16.9. The van der Waals surface area contributed by atoms with Gasteiger partial charge in [-0.05, 0) is 43.5 Å². The van der Waals surface area contributed by atoms with Crippen LogP contribution >= 0.6 is 35.3 Å². The molecule has 0 aliphatic carbocycles. The molecule has 4 N–H and O–H groups in total. The number of carbonyl (C=O) groups excluding carboxylic acids is 1. The normalized spacial score (nSPS) is 13.0. The van der Waals surface area contributed by atoms with E-state index in [0.717, 1.165) is 4.88 Å². The molecule has 29 heavy (non-hydrogen) atoms. The third kappa shape index (κ3) is 8.19. The fraction of sp³-hybridized carbons (Fsp3) is 0.400. The van der Waals surface area contributed by atoms with Crippen LogP contribution in [-0.4, -0.2) is 50.3 Å². The molecule has 0 saturated carbocycles. The smallest absolute Gasteiger partial charge is 0.251 e. The summed E-state index contributed by atoms with van der Waals surface area (Å²) in [6.45, 7) is 5.59. The van der Waals surface area contributed by atoms with Crippen LogP contribution in [0.25, 0.3) is 0 Å². The molecule has 1 aromatic heterocycles. The molecule has 0 aliphatic rings. The van der Waals surface area contributed by atoms with Crippen molar-refractivity contribution in [1.29, 1.82) is 0 Å². The molecule has 9 heteroatoms. The molecule has 160 valence electrons. The third-order valence-corrected chi connectivity index (χ3v) is 5.10. The zero-order chi connectivity index (χ0) is 20.4. The number of amides is 1. The van der Waals surface area contributed by atoms with Gasteiger partial charge in [0.2, 0.25) is 0 Å². The van der Waals surface area contributed by atoms with Crippen molar-refractivity contribution in [1.82, 2.24) is 16.0 Å². The van der Waals surface area contributed by atoms with Crippen molar-refractivity contribution < 1.29 is 14.6 Å². The zero-order valence-corrected chi connectivity index (χ0v) is 20.0. The molecular weight excluding hydrogens is 503 g/mol. The van der Waals surface area contributed by atoms with Crippen LogP contribution in [0, 0.1) is 0 Å². The number of aliphatic imine (C=N–C) groups is 1. The van der Waals surface area contributed by atoms with Crippen LogP contribution in [0.1, 0.15) is 29.1 Å². The first kappa shape index (κ1) is 25.2. The summed E-state index contributed by atoms with van der Waals surface area (Å²) in [5, 5.41) is 21.7. The van der Waals surface area contributed by atoms with E-state index in [1.807, 2.05) is 24.4 Å². The van der Waals surface area contributed by atoms with E-state index < -0.39 is 5.60 Å². The molecule has 0 radical (unpaired) electrons. The largest absolute Gasteiger partial charge is 0.497 e. The average molecular weight is 532 g/mol. The number of rotatable bonds is 9. The summed E-state index contributed by atoms with van der Waals surface area (Å²) in [5.74, 6) is 1.07. The van der Waals surface area contributed by atoms with Crippen LogP contribution in [-0.2, 0) is 5.60 Å². The Labute approximate surface area is 193 Å². The van der Waals surface area contributed by atoms with Crippen molar-refractivity contribution in [2.24, 2.45) is 4.99 Å². The first-order chi connectivity index (χ1) is 13.5. The number of hydrogen-bond donors (Lipinski definition) is 4. The van der Waals surface area contributed by atoms with Crippen LogP contribution in [0.15, 0.2) is 46.8 Å². The molecule has 0 fully saturated rings. The number of carbonyl (C=O) groups is 1. The first-order valence-electron chi connectivity index (χ1n) is 9.17. The minimum absolute atomic E-state index is 0. The number of nitrogens with one attached hydrogen (secondary N) is 3. The molecule has 1 amide bonds. The van der Waals surface area contributed by atoms with Crippen molar-refractivity contribution in [3.63, 3.8) is 0 Å². The second kappa shape index (κ2) is 12.7. The fourth-order valence-corrected chi connectivity index (χ4v) is 3.24. The summed E-state index contributed by atoms with van der Waals surface area (Å²) >= 11 is 1.50. The van der Waals surface area contributed by atoms with Crippen molar-refractivity contribution >= 4 is 47.2 Å². The van der Waals surface area contributed by atoms with Crippen molar-refractivity contribution in [3.8, 4) is 5.75 Å². The molecule has 0 spiro atoms. The second-order valence-electron chi connectivity index (χ2n) is 6.36. The molecular formula is C20H29IN4O3S. The molecule has 0 bridgehead atoms. The highest BCUT2D eigenvalue weighted by Gasteiger charge is 2.23.